The predicted molar refractivity (Wildman–Crippen MR) is 81.4 cm³/mol. The maximum atomic E-state index is 12.9. The van der Waals surface area contributed by atoms with Gasteiger partial charge in [-0.25, -0.2) is 9.37 Å². The molecule has 0 spiro atoms. The number of rotatable bonds is 3. The van der Waals surface area contributed by atoms with Gasteiger partial charge in [-0.1, -0.05) is 18.2 Å². The van der Waals surface area contributed by atoms with E-state index in [0.717, 1.165) is 34.3 Å². The second-order valence-corrected chi connectivity index (χ2v) is 5.66. The number of halogens is 2. The zero-order chi connectivity index (χ0) is 14.1. The molecule has 0 bridgehead atoms. The van der Waals surface area contributed by atoms with Crippen molar-refractivity contribution >= 4 is 21.4 Å². The molecule has 4 heteroatoms. The number of fused-ring (bicyclic) bond motifs is 1. The van der Waals surface area contributed by atoms with Crippen molar-refractivity contribution in [2.75, 3.05) is 0 Å². The van der Waals surface area contributed by atoms with Gasteiger partial charge in [-0.05, 0) is 58.6 Å². The third-order valence-corrected chi connectivity index (χ3v) is 3.95. The van der Waals surface area contributed by atoms with Crippen molar-refractivity contribution in [1.29, 1.82) is 0 Å². The van der Waals surface area contributed by atoms with Crippen LogP contribution in [0.4, 0.5) is 4.39 Å². The molecule has 0 saturated carbocycles. The van der Waals surface area contributed by atoms with E-state index in [-0.39, 0.29) is 5.82 Å². The molecule has 0 atom stereocenters. The van der Waals surface area contributed by atoms with Crippen molar-refractivity contribution in [3.8, 4) is 0 Å². The van der Waals surface area contributed by atoms with Crippen LogP contribution >= 0.6 is 15.9 Å². The Kier molecular flexibility index (Phi) is 3.57. The van der Waals surface area contributed by atoms with E-state index >= 15 is 0 Å². The number of nitrogens with zero attached hydrogens (tertiary/aromatic N) is 2. The highest BCUT2D eigenvalue weighted by molar-refractivity contribution is 9.10. The van der Waals surface area contributed by atoms with Crippen LogP contribution in [0.25, 0.3) is 5.52 Å². The molecule has 102 valence electrons. The van der Waals surface area contributed by atoms with Crippen molar-refractivity contribution in [3.05, 3.63) is 70.0 Å². The molecule has 0 fully saturated rings. The summed E-state index contributed by atoms with van der Waals surface area (Å²) in [5.74, 6) is 0.818. The predicted octanol–water partition coefficient (Wildman–Crippen LogP) is 4.33. The Balaban J connectivity index is 1.87. The van der Waals surface area contributed by atoms with Gasteiger partial charge in [0.15, 0.2) is 0 Å². The first-order chi connectivity index (χ1) is 9.63. The highest BCUT2D eigenvalue weighted by Gasteiger charge is 2.09. The number of imidazole rings is 1. The van der Waals surface area contributed by atoms with Crippen LogP contribution in [0.2, 0.25) is 0 Å². The summed E-state index contributed by atoms with van der Waals surface area (Å²) in [7, 11) is 0. The van der Waals surface area contributed by atoms with E-state index < -0.39 is 0 Å². The SMILES string of the molecule is Cc1ccc2c(Br)nc(CCc3ccc(F)cc3)n2c1. The average molecular weight is 333 g/mol. The van der Waals surface area contributed by atoms with E-state index in [9.17, 15) is 4.39 Å². The number of pyridine rings is 1. The molecule has 1 aromatic carbocycles. The van der Waals surface area contributed by atoms with Gasteiger partial charge >= 0.3 is 0 Å². The Morgan fingerprint density at radius 2 is 1.85 bits per heavy atom. The van der Waals surface area contributed by atoms with Crippen LogP contribution in [0.1, 0.15) is 17.0 Å². The molecule has 0 unspecified atom stereocenters. The molecule has 0 amide bonds. The highest BCUT2D eigenvalue weighted by Crippen LogP contribution is 2.20. The van der Waals surface area contributed by atoms with E-state index in [1.807, 2.05) is 12.1 Å². The molecular formula is C16H14BrFN2. The Morgan fingerprint density at radius 1 is 1.10 bits per heavy atom. The van der Waals surface area contributed by atoms with Gasteiger partial charge in [-0.3, -0.25) is 0 Å². The fraction of sp³-hybridized carbons (Fsp3) is 0.188. The first-order valence-corrected chi connectivity index (χ1v) is 7.30. The molecule has 0 saturated heterocycles. The number of hydrogen-bond donors (Lipinski definition) is 0. The first-order valence-electron chi connectivity index (χ1n) is 6.51. The standard InChI is InChI=1S/C16H14BrFN2/c1-11-2-8-14-16(17)19-15(20(14)10-11)9-5-12-3-6-13(18)7-4-12/h2-4,6-8,10H,5,9H2,1H3. The van der Waals surface area contributed by atoms with Gasteiger partial charge < -0.3 is 4.40 Å². The van der Waals surface area contributed by atoms with Gasteiger partial charge in [-0.15, -0.1) is 0 Å². The number of aryl methyl sites for hydroxylation is 3. The van der Waals surface area contributed by atoms with Gasteiger partial charge in [0.1, 0.15) is 16.2 Å². The third kappa shape index (κ3) is 2.61. The van der Waals surface area contributed by atoms with E-state index in [1.165, 1.54) is 17.7 Å². The molecule has 0 radical (unpaired) electrons. The smallest absolute Gasteiger partial charge is 0.132 e. The van der Waals surface area contributed by atoms with Crippen LogP contribution in [-0.4, -0.2) is 9.38 Å². The second-order valence-electron chi connectivity index (χ2n) is 4.91. The van der Waals surface area contributed by atoms with E-state index in [1.54, 1.807) is 0 Å². The molecule has 3 aromatic rings. The molecule has 3 rings (SSSR count). The zero-order valence-corrected chi connectivity index (χ0v) is 12.7. The lowest BCUT2D eigenvalue weighted by Gasteiger charge is -2.03. The maximum Gasteiger partial charge on any atom is 0.132 e. The minimum Gasteiger partial charge on any atom is -0.302 e. The molecule has 2 aromatic heterocycles. The summed E-state index contributed by atoms with van der Waals surface area (Å²) in [6.07, 6.45) is 3.76. The van der Waals surface area contributed by atoms with Crippen LogP contribution in [0, 0.1) is 12.7 Å². The number of aromatic nitrogens is 2. The van der Waals surface area contributed by atoms with Crippen LogP contribution in [0.5, 0.6) is 0 Å². The van der Waals surface area contributed by atoms with Crippen molar-refractivity contribution in [2.45, 2.75) is 19.8 Å². The van der Waals surface area contributed by atoms with E-state index in [2.05, 4.69) is 50.6 Å². The molecule has 0 N–H and O–H groups in total. The van der Waals surface area contributed by atoms with Crippen LogP contribution in [0.15, 0.2) is 47.2 Å². The third-order valence-electron chi connectivity index (χ3n) is 3.36. The van der Waals surface area contributed by atoms with Gasteiger partial charge in [0.25, 0.3) is 0 Å². The first kappa shape index (κ1) is 13.3. The van der Waals surface area contributed by atoms with Gasteiger partial charge in [0.2, 0.25) is 0 Å². The molecule has 2 nitrogen and oxygen atoms in total. The number of hydrogen-bond acceptors (Lipinski definition) is 1. The molecule has 0 aliphatic heterocycles. The summed E-state index contributed by atoms with van der Waals surface area (Å²) in [6.45, 7) is 2.07. The van der Waals surface area contributed by atoms with Crippen LogP contribution in [0.3, 0.4) is 0 Å². The van der Waals surface area contributed by atoms with Gasteiger partial charge in [0.05, 0.1) is 5.52 Å². The van der Waals surface area contributed by atoms with Crippen LogP contribution < -0.4 is 0 Å². The van der Waals surface area contributed by atoms with Crippen LogP contribution in [-0.2, 0) is 12.8 Å². The topological polar surface area (TPSA) is 17.3 Å². The fourth-order valence-electron chi connectivity index (χ4n) is 2.30. The lowest BCUT2D eigenvalue weighted by atomic mass is 10.1. The highest BCUT2D eigenvalue weighted by atomic mass is 79.9. The summed E-state index contributed by atoms with van der Waals surface area (Å²) in [4.78, 5) is 4.57. The summed E-state index contributed by atoms with van der Waals surface area (Å²) in [5.41, 5.74) is 3.39. The normalized spacial score (nSPS) is 11.2. The molecule has 2 heterocycles. The summed E-state index contributed by atoms with van der Waals surface area (Å²) >= 11 is 3.50. The summed E-state index contributed by atoms with van der Waals surface area (Å²) < 4.78 is 15.9. The lowest BCUT2D eigenvalue weighted by Crippen LogP contribution is -1.98. The quantitative estimate of drug-likeness (QED) is 0.697. The monoisotopic (exact) mass is 332 g/mol. The summed E-state index contributed by atoms with van der Waals surface area (Å²) in [6, 6.07) is 10.8. The van der Waals surface area contributed by atoms with Crippen molar-refractivity contribution in [3.63, 3.8) is 0 Å². The van der Waals surface area contributed by atoms with Crippen molar-refractivity contribution in [2.24, 2.45) is 0 Å². The molecular weight excluding hydrogens is 319 g/mol. The Labute approximate surface area is 125 Å². The van der Waals surface area contributed by atoms with Crippen molar-refractivity contribution < 1.29 is 4.39 Å². The Bertz CT molecular complexity index is 747. The van der Waals surface area contributed by atoms with Gasteiger partial charge in [-0.2, -0.15) is 0 Å². The average Bonchev–Trinajstić information content (AvgIpc) is 2.74. The maximum absolute atomic E-state index is 12.9. The molecule has 0 aliphatic rings. The minimum atomic E-state index is -0.196. The lowest BCUT2D eigenvalue weighted by molar-refractivity contribution is 0.627. The number of benzene rings is 1. The second kappa shape index (κ2) is 5.37. The van der Waals surface area contributed by atoms with Crippen molar-refractivity contribution in [1.82, 2.24) is 9.38 Å². The van der Waals surface area contributed by atoms with E-state index in [4.69, 9.17) is 0 Å². The molecule has 20 heavy (non-hydrogen) atoms. The largest absolute Gasteiger partial charge is 0.302 e. The fourth-order valence-corrected chi connectivity index (χ4v) is 2.82. The van der Waals surface area contributed by atoms with E-state index in [0.29, 0.717) is 0 Å². The Morgan fingerprint density at radius 3 is 2.60 bits per heavy atom. The van der Waals surface area contributed by atoms with Gasteiger partial charge in [0, 0.05) is 12.6 Å². The zero-order valence-electron chi connectivity index (χ0n) is 11.1. The minimum absolute atomic E-state index is 0.196. The summed E-state index contributed by atoms with van der Waals surface area (Å²) in [5, 5.41) is 0. The molecule has 0 aliphatic carbocycles. The Hall–Kier alpha value is -1.68.